The molecule has 104 valence electrons. The van der Waals surface area contributed by atoms with Gasteiger partial charge in [-0.1, -0.05) is 11.6 Å². The van der Waals surface area contributed by atoms with Gasteiger partial charge >= 0.3 is 0 Å². The molecule has 1 unspecified atom stereocenters. The lowest BCUT2D eigenvalue weighted by Crippen LogP contribution is -2.09. The van der Waals surface area contributed by atoms with Crippen LogP contribution in [0.5, 0.6) is 5.75 Å². The largest absolute Gasteiger partial charge is 0.493 e. The first-order valence-electron chi connectivity index (χ1n) is 6.09. The first kappa shape index (κ1) is 13.0. The van der Waals surface area contributed by atoms with Crippen molar-refractivity contribution < 1.29 is 9.15 Å². The Balaban J connectivity index is 2.08. The zero-order valence-electron chi connectivity index (χ0n) is 11.1. The van der Waals surface area contributed by atoms with Gasteiger partial charge in [0.1, 0.15) is 5.76 Å². The lowest BCUT2D eigenvalue weighted by atomic mass is 10.1. The average molecular weight is 292 g/mol. The summed E-state index contributed by atoms with van der Waals surface area (Å²) in [5.41, 5.74) is 7.73. The molecular weight excluding hydrogens is 278 g/mol. The van der Waals surface area contributed by atoms with Gasteiger partial charge in [-0.3, -0.25) is 4.68 Å². The molecule has 6 heteroatoms. The molecule has 1 aromatic carbocycles. The van der Waals surface area contributed by atoms with Crippen LogP contribution in [-0.2, 0) is 7.05 Å². The predicted molar refractivity (Wildman–Crippen MR) is 77.0 cm³/mol. The van der Waals surface area contributed by atoms with Gasteiger partial charge in [0.2, 0.25) is 0 Å². The van der Waals surface area contributed by atoms with E-state index in [1.807, 2.05) is 25.4 Å². The van der Waals surface area contributed by atoms with Gasteiger partial charge in [-0.05, 0) is 12.1 Å². The highest BCUT2D eigenvalue weighted by Crippen LogP contribution is 2.34. The van der Waals surface area contributed by atoms with Crippen LogP contribution in [0.1, 0.15) is 17.4 Å². The van der Waals surface area contributed by atoms with Gasteiger partial charge in [-0.25, -0.2) is 0 Å². The van der Waals surface area contributed by atoms with Crippen molar-refractivity contribution in [2.24, 2.45) is 12.8 Å². The Labute approximate surface area is 120 Å². The molecule has 0 bridgehead atoms. The zero-order valence-corrected chi connectivity index (χ0v) is 11.9. The van der Waals surface area contributed by atoms with E-state index < -0.39 is 0 Å². The molecule has 0 aliphatic rings. The first-order valence-corrected chi connectivity index (χ1v) is 6.47. The number of rotatable bonds is 3. The molecular formula is C14H14ClN3O2. The topological polar surface area (TPSA) is 66.2 Å². The first-order chi connectivity index (χ1) is 9.58. The third-order valence-corrected chi connectivity index (χ3v) is 3.39. The van der Waals surface area contributed by atoms with Crippen LogP contribution < -0.4 is 10.5 Å². The molecule has 0 amide bonds. The van der Waals surface area contributed by atoms with Crippen LogP contribution in [0.4, 0.5) is 0 Å². The molecule has 0 radical (unpaired) electrons. The summed E-state index contributed by atoms with van der Waals surface area (Å²) in [7, 11) is 3.42. The van der Waals surface area contributed by atoms with Gasteiger partial charge in [0.25, 0.3) is 0 Å². The summed E-state index contributed by atoms with van der Waals surface area (Å²) in [5.74, 6) is 1.24. The van der Waals surface area contributed by atoms with E-state index in [1.54, 1.807) is 24.1 Å². The summed E-state index contributed by atoms with van der Waals surface area (Å²) in [6.07, 6.45) is 3.59. The van der Waals surface area contributed by atoms with Crippen molar-refractivity contribution in [1.29, 1.82) is 0 Å². The number of ether oxygens (including phenoxy) is 1. The number of hydrogen-bond donors (Lipinski definition) is 1. The monoisotopic (exact) mass is 291 g/mol. The lowest BCUT2D eigenvalue weighted by molar-refractivity contribution is 0.406. The average Bonchev–Trinajstić information content (AvgIpc) is 3.02. The maximum Gasteiger partial charge on any atom is 0.176 e. The molecule has 0 aliphatic heterocycles. The predicted octanol–water partition coefficient (Wildman–Crippen LogP) is 2.88. The van der Waals surface area contributed by atoms with Gasteiger partial charge in [-0.15, -0.1) is 0 Å². The number of hydrogen-bond acceptors (Lipinski definition) is 4. The van der Waals surface area contributed by atoms with Gasteiger partial charge in [0.15, 0.2) is 11.3 Å². The molecule has 1 atom stereocenters. The van der Waals surface area contributed by atoms with E-state index in [4.69, 9.17) is 26.5 Å². The second kappa shape index (κ2) is 4.85. The number of methoxy groups -OCH3 is 1. The van der Waals surface area contributed by atoms with E-state index in [-0.39, 0.29) is 6.04 Å². The van der Waals surface area contributed by atoms with Crippen molar-refractivity contribution in [3.63, 3.8) is 0 Å². The van der Waals surface area contributed by atoms with E-state index in [9.17, 15) is 0 Å². The number of halogens is 1. The molecule has 0 saturated heterocycles. The molecule has 3 aromatic rings. The minimum Gasteiger partial charge on any atom is -0.493 e. The zero-order chi connectivity index (χ0) is 14.3. The highest BCUT2D eigenvalue weighted by atomic mass is 35.5. The Morgan fingerprint density at radius 3 is 2.85 bits per heavy atom. The molecule has 5 nitrogen and oxygen atoms in total. The minimum absolute atomic E-state index is 0.375. The third kappa shape index (κ3) is 2.15. The van der Waals surface area contributed by atoms with Crippen molar-refractivity contribution in [1.82, 2.24) is 9.78 Å². The van der Waals surface area contributed by atoms with Crippen molar-refractivity contribution >= 4 is 22.6 Å². The minimum atomic E-state index is -0.375. The fourth-order valence-electron chi connectivity index (χ4n) is 2.18. The van der Waals surface area contributed by atoms with Crippen LogP contribution in [0.3, 0.4) is 0 Å². The molecule has 2 aromatic heterocycles. The maximum absolute atomic E-state index is 6.20. The van der Waals surface area contributed by atoms with Crippen LogP contribution in [0.15, 0.2) is 35.0 Å². The summed E-state index contributed by atoms with van der Waals surface area (Å²) >= 11 is 6.05. The van der Waals surface area contributed by atoms with Crippen LogP contribution >= 0.6 is 11.6 Å². The van der Waals surface area contributed by atoms with E-state index in [0.29, 0.717) is 22.1 Å². The fraction of sp³-hybridized carbons (Fsp3) is 0.214. The Kier molecular flexibility index (Phi) is 3.16. The molecule has 20 heavy (non-hydrogen) atoms. The molecule has 0 spiro atoms. The van der Waals surface area contributed by atoms with E-state index in [1.165, 1.54) is 0 Å². The second-order valence-electron chi connectivity index (χ2n) is 4.60. The normalized spacial score (nSPS) is 12.8. The van der Waals surface area contributed by atoms with Gasteiger partial charge in [-0.2, -0.15) is 5.10 Å². The molecule has 2 N–H and O–H groups in total. The fourth-order valence-corrected chi connectivity index (χ4v) is 2.39. The summed E-state index contributed by atoms with van der Waals surface area (Å²) in [4.78, 5) is 0. The van der Waals surface area contributed by atoms with E-state index in [2.05, 4.69) is 5.10 Å². The molecule has 0 saturated carbocycles. The molecule has 0 fully saturated rings. The summed E-state index contributed by atoms with van der Waals surface area (Å²) in [6, 6.07) is 5.04. The smallest absolute Gasteiger partial charge is 0.176 e. The number of nitrogens with zero attached hydrogens (tertiary/aromatic N) is 2. The Morgan fingerprint density at radius 2 is 2.20 bits per heavy atom. The highest BCUT2D eigenvalue weighted by molar-refractivity contribution is 6.31. The van der Waals surface area contributed by atoms with Gasteiger partial charge < -0.3 is 14.9 Å². The maximum atomic E-state index is 6.20. The summed E-state index contributed by atoms with van der Waals surface area (Å²) in [6.45, 7) is 0. The van der Waals surface area contributed by atoms with E-state index >= 15 is 0 Å². The summed E-state index contributed by atoms with van der Waals surface area (Å²) < 4.78 is 12.8. The van der Waals surface area contributed by atoms with Crippen molar-refractivity contribution in [3.8, 4) is 5.75 Å². The Bertz CT molecular complexity index is 763. The quantitative estimate of drug-likeness (QED) is 0.806. The number of aromatic nitrogens is 2. The van der Waals surface area contributed by atoms with Gasteiger partial charge in [0.05, 0.1) is 19.3 Å². The van der Waals surface area contributed by atoms with Crippen LogP contribution in [0.2, 0.25) is 5.02 Å². The van der Waals surface area contributed by atoms with Crippen LogP contribution in [0.25, 0.3) is 11.0 Å². The van der Waals surface area contributed by atoms with Crippen molar-refractivity contribution in [2.45, 2.75) is 6.04 Å². The van der Waals surface area contributed by atoms with Crippen molar-refractivity contribution in [2.75, 3.05) is 7.11 Å². The number of nitrogens with two attached hydrogens (primary N) is 1. The lowest BCUT2D eigenvalue weighted by Gasteiger charge is -2.05. The number of benzene rings is 1. The Hall–Kier alpha value is -1.98. The Morgan fingerprint density at radius 1 is 1.40 bits per heavy atom. The molecule has 0 aliphatic carbocycles. The highest BCUT2D eigenvalue weighted by Gasteiger charge is 2.18. The standard InChI is InChI=1S/C14H14ClN3O2/c1-18-7-9(6-17-18)13(16)11-4-8-3-10(15)5-12(19-2)14(8)20-11/h3-7,13H,16H2,1-2H3. The third-order valence-electron chi connectivity index (χ3n) is 3.18. The van der Waals surface area contributed by atoms with Crippen LogP contribution in [0, 0.1) is 0 Å². The number of fused-ring (bicyclic) bond motifs is 1. The van der Waals surface area contributed by atoms with E-state index in [0.717, 1.165) is 10.9 Å². The SMILES string of the molecule is COc1cc(Cl)cc2cc(C(N)c3cnn(C)c3)oc12. The van der Waals surface area contributed by atoms with Gasteiger partial charge in [0, 0.05) is 35.3 Å². The van der Waals surface area contributed by atoms with Crippen LogP contribution in [-0.4, -0.2) is 16.9 Å². The van der Waals surface area contributed by atoms with Crippen molar-refractivity contribution in [3.05, 3.63) is 46.9 Å². The second-order valence-corrected chi connectivity index (χ2v) is 5.04. The molecule has 2 heterocycles. The number of aryl methyl sites for hydroxylation is 1. The molecule has 3 rings (SSSR count). The summed E-state index contributed by atoms with van der Waals surface area (Å²) in [5, 5.41) is 5.57. The number of furan rings is 1.